The average molecular weight is 303 g/mol. The summed E-state index contributed by atoms with van der Waals surface area (Å²) in [5.41, 5.74) is 0.879. The van der Waals surface area contributed by atoms with E-state index in [1.165, 1.54) is 31.4 Å². The molecule has 1 heterocycles. The quantitative estimate of drug-likeness (QED) is 0.837. The van der Waals surface area contributed by atoms with Gasteiger partial charge in [0.15, 0.2) is 0 Å². The number of benzene rings is 1. The van der Waals surface area contributed by atoms with Crippen molar-refractivity contribution in [3.05, 3.63) is 35.6 Å². The van der Waals surface area contributed by atoms with Crippen LogP contribution >= 0.6 is 0 Å². The van der Waals surface area contributed by atoms with Gasteiger partial charge in [0.05, 0.1) is 18.6 Å². The van der Waals surface area contributed by atoms with Crippen LogP contribution in [0, 0.1) is 17.7 Å². The van der Waals surface area contributed by atoms with Crippen molar-refractivity contribution in [2.24, 2.45) is 11.8 Å². The lowest BCUT2D eigenvalue weighted by Crippen LogP contribution is -2.40. The van der Waals surface area contributed by atoms with Gasteiger partial charge in [-0.3, -0.25) is 4.79 Å². The highest BCUT2D eigenvalue weighted by atomic mass is 19.1. The highest BCUT2D eigenvalue weighted by Crippen LogP contribution is 2.41. The molecule has 0 N–H and O–H groups in total. The normalized spacial score (nSPS) is 30.0. The van der Waals surface area contributed by atoms with Gasteiger partial charge in [0.25, 0.3) is 0 Å². The average Bonchev–Trinajstić information content (AvgIpc) is 3.20. The maximum atomic E-state index is 12.9. The molecule has 1 aliphatic heterocycles. The third kappa shape index (κ3) is 2.76. The summed E-state index contributed by atoms with van der Waals surface area (Å²) in [6.45, 7) is 1.71. The number of ether oxygens (including phenoxy) is 1. The van der Waals surface area contributed by atoms with Crippen molar-refractivity contribution < 1.29 is 13.9 Å². The largest absolute Gasteiger partial charge is 0.375 e. The molecule has 0 aromatic heterocycles. The number of fused-ring (bicyclic) bond motifs is 2. The Balaban J connectivity index is 1.38. The Hall–Kier alpha value is -1.42. The van der Waals surface area contributed by atoms with Gasteiger partial charge in [0.2, 0.25) is 5.91 Å². The molecule has 2 saturated carbocycles. The number of hydrogen-bond acceptors (Lipinski definition) is 2. The minimum atomic E-state index is -0.259. The maximum Gasteiger partial charge on any atom is 0.227 e. The van der Waals surface area contributed by atoms with Gasteiger partial charge < -0.3 is 9.64 Å². The fourth-order valence-corrected chi connectivity index (χ4v) is 3.89. The van der Waals surface area contributed by atoms with E-state index in [2.05, 4.69) is 0 Å². The number of halogens is 1. The molecule has 0 radical (unpaired) electrons. The molecule has 1 amide bonds. The van der Waals surface area contributed by atoms with Crippen LogP contribution in [0.1, 0.15) is 31.2 Å². The van der Waals surface area contributed by atoms with Crippen LogP contribution in [0.15, 0.2) is 24.3 Å². The second kappa shape index (κ2) is 5.65. The van der Waals surface area contributed by atoms with E-state index in [9.17, 15) is 9.18 Å². The van der Waals surface area contributed by atoms with Crippen LogP contribution in [-0.2, 0) is 16.0 Å². The Kier molecular flexibility index (Phi) is 3.65. The molecular formula is C18H22FNO2. The van der Waals surface area contributed by atoms with Crippen LogP contribution in [0.4, 0.5) is 4.39 Å². The van der Waals surface area contributed by atoms with Gasteiger partial charge in [-0.2, -0.15) is 0 Å². The summed E-state index contributed by atoms with van der Waals surface area (Å²) in [4.78, 5) is 14.6. The molecule has 0 spiro atoms. The second-order valence-electron chi connectivity index (χ2n) is 7.00. The van der Waals surface area contributed by atoms with Gasteiger partial charge in [-0.05, 0) is 49.3 Å². The number of nitrogens with zero attached hydrogens (tertiary/aromatic N) is 1. The van der Waals surface area contributed by atoms with Crippen molar-refractivity contribution in [3.63, 3.8) is 0 Å². The smallest absolute Gasteiger partial charge is 0.227 e. The third-order valence-electron chi connectivity index (χ3n) is 5.32. The van der Waals surface area contributed by atoms with Gasteiger partial charge in [0, 0.05) is 19.1 Å². The molecule has 3 aliphatic rings. The molecule has 3 atom stereocenters. The lowest BCUT2D eigenvalue weighted by atomic mass is 10.1. The van der Waals surface area contributed by atoms with E-state index in [0.29, 0.717) is 12.3 Å². The number of piperidine rings is 1. The zero-order valence-electron chi connectivity index (χ0n) is 12.7. The molecule has 1 aromatic rings. The van der Waals surface area contributed by atoms with Crippen LogP contribution in [0.25, 0.3) is 0 Å². The van der Waals surface area contributed by atoms with Crippen molar-refractivity contribution in [1.29, 1.82) is 0 Å². The Labute approximate surface area is 130 Å². The molecule has 3 fully saturated rings. The predicted molar refractivity (Wildman–Crippen MR) is 80.8 cm³/mol. The number of carbonyl (C=O) groups excluding carboxylic acids is 1. The lowest BCUT2D eigenvalue weighted by molar-refractivity contribution is -0.132. The fraction of sp³-hybridized carbons (Fsp3) is 0.611. The highest BCUT2D eigenvalue weighted by Gasteiger charge is 2.49. The van der Waals surface area contributed by atoms with E-state index < -0.39 is 0 Å². The van der Waals surface area contributed by atoms with E-state index in [0.717, 1.165) is 31.1 Å². The third-order valence-corrected chi connectivity index (χ3v) is 5.32. The molecule has 4 rings (SSSR count). The first-order valence-electron chi connectivity index (χ1n) is 8.36. The second-order valence-corrected chi connectivity index (χ2v) is 7.00. The summed E-state index contributed by atoms with van der Waals surface area (Å²) in [6.07, 6.45) is 5.46. The molecule has 0 unspecified atom stereocenters. The Morgan fingerprint density at radius 3 is 2.68 bits per heavy atom. The Bertz CT molecular complexity index is 555. The Morgan fingerprint density at radius 2 is 1.95 bits per heavy atom. The summed E-state index contributed by atoms with van der Waals surface area (Å²) in [5.74, 6) is 1.17. The van der Waals surface area contributed by atoms with Gasteiger partial charge in [-0.15, -0.1) is 0 Å². The standard InChI is InChI=1S/C18H22FNO2/c19-15-6-3-12(4-7-15)9-17(21)20-10-14-5-8-16(20)18(14)22-11-13-1-2-13/h3-4,6-7,13-14,16,18H,1-2,5,8-11H2/t14-,16+,18-/m1/s1. The van der Waals surface area contributed by atoms with Gasteiger partial charge in [-0.25, -0.2) is 4.39 Å². The number of amides is 1. The zero-order chi connectivity index (χ0) is 15.1. The minimum Gasteiger partial charge on any atom is -0.375 e. The van der Waals surface area contributed by atoms with Crippen LogP contribution in [0.3, 0.4) is 0 Å². The summed E-state index contributed by atoms with van der Waals surface area (Å²) in [7, 11) is 0. The maximum absolute atomic E-state index is 12.9. The van der Waals surface area contributed by atoms with Crippen molar-refractivity contribution in [3.8, 4) is 0 Å². The summed E-state index contributed by atoms with van der Waals surface area (Å²) >= 11 is 0. The highest BCUT2D eigenvalue weighted by molar-refractivity contribution is 5.79. The molecule has 1 aromatic carbocycles. The Morgan fingerprint density at radius 1 is 1.18 bits per heavy atom. The van der Waals surface area contributed by atoms with E-state index in [1.54, 1.807) is 12.1 Å². The monoisotopic (exact) mass is 303 g/mol. The molecule has 1 saturated heterocycles. The molecule has 3 nitrogen and oxygen atoms in total. The van der Waals surface area contributed by atoms with Crippen LogP contribution < -0.4 is 0 Å². The van der Waals surface area contributed by atoms with Crippen LogP contribution in [0.5, 0.6) is 0 Å². The first-order valence-corrected chi connectivity index (χ1v) is 8.36. The SMILES string of the molecule is O=C(Cc1ccc(F)cc1)N1C[C@H]2CC[C@H]1[C@@H]2OCC1CC1. The van der Waals surface area contributed by atoms with E-state index in [1.807, 2.05) is 4.90 Å². The molecule has 4 heteroatoms. The van der Waals surface area contributed by atoms with Crippen LogP contribution in [-0.4, -0.2) is 36.1 Å². The van der Waals surface area contributed by atoms with E-state index in [4.69, 9.17) is 4.74 Å². The number of rotatable bonds is 5. The van der Waals surface area contributed by atoms with Crippen molar-refractivity contribution in [1.82, 2.24) is 4.90 Å². The molecule has 22 heavy (non-hydrogen) atoms. The molecule has 2 bridgehead atoms. The number of hydrogen-bond donors (Lipinski definition) is 0. The summed E-state index contributed by atoms with van der Waals surface area (Å²) < 4.78 is 19.1. The van der Waals surface area contributed by atoms with E-state index >= 15 is 0 Å². The first-order chi connectivity index (χ1) is 10.7. The van der Waals surface area contributed by atoms with Crippen molar-refractivity contribution >= 4 is 5.91 Å². The van der Waals surface area contributed by atoms with Gasteiger partial charge in [-0.1, -0.05) is 12.1 Å². The molecular weight excluding hydrogens is 281 g/mol. The van der Waals surface area contributed by atoms with Crippen LogP contribution in [0.2, 0.25) is 0 Å². The van der Waals surface area contributed by atoms with Gasteiger partial charge >= 0.3 is 0 Å². The number of carbonyl (C=O) groups is 1. The van der Waals surface area contributed by atoms with E-state index in [-0.39, 0.29) is 23.9 Å². The van der Waals surface area contributed by atoms with Crippen molar-refractivity contribution in [2.45, 2.75) is 44.2 Å². The predicted octanol–water partition coefficient (Wildman–Crippen LogP) is 2.78. The van der Waals surface area contributed by atoms with Crippen molar-refractivity contribution in [2.75, 3.05) is 13.2 Å². The fourth-order valence-electron chi connectivity index (χ4n) is 3.89. The summed E-state index contributed by atoms with van der Waals surface area (Å²) in [6, 6.07) is 6.49. The van der Waals surface area contributed by atoms with Gasteiger partial charge in [0.1, 0.15) is 5.82 Å². The molecule has 2 aliphatic carbocycles. The minimum absolute atomic E-state index is 0.152. The summed E-state index contributed by atoms with van der Waals surface area (Å²) in [5, 5.41) is 0. The zero-order valence-corrected chi connectivity index (χ0v) is 12.7. The first kappa shape index (κ1) is 14.2. The number of likely N-dealkylation sites (tertiary alicyclic amines) is 1. The topological polar surface area (TPSA) is 29.5 Å². The molecule has 118 valence electrons. The lowest BCUT2D eigenvalue weighted by Gasteiger charge is -2.27.